The van der Waals surface area contributed by atoms with E-state index in [0.29, 0.717) is 16.6 Å². The Hall–Kier alpha value is -1.95. The first-order valence-corrected chi connectivity index (χ1v) is 6.56. The molecule has 0 spiro atoms. The molecule has 0 N–H and O–H groups in total. The molecule has 0 aromatic carbocycles. The van der Waals surface area contributed by atoms with E-state index in [4.69, 9.17) is 9.47 Å². The van der Waals surface area contributed by atoms with Crippen molar-refractivity contribution in [3.8, 4) is 11.8 Å². The van der Waals surface area contributed by atoms with Gasteiger partial charge in [0.05, 0.1) is 24.1 Å². The summed E-state index contributed by atoms with van der Waals surface area (Å²) in [7, 11) is 3.15. The Labute approximate surface area is 115 Å². The van der Waals surface area contributed by atoms with Gasteiger partial charge in [-0.15, -0.1) is 11.3 Å². The largest absolute Gasteiger partial charge is 0.481 e. The average molecular weight is 278 g/mol. The third kappa shape index (κ3) is 3.29. The van der Waals surface area contributed by atoms with Gasteiger partial charge in [-0.05, 0) is 12.5 Å². The number of carbonyl (C=O) groups is 1. The summed E-state index contributed by atoms with van der Waals surface area (Å²) in [5, 5.41) is 0.931. The molecule has 0 atom stereocenters. The monoisotopic (exact) mass is 278 g/mol. The topological polar surface area (TPSA) is 61.3 Å². The fraction of sp³-hybridized carbons (Fsp3) is 0.308. The van der Waals surface area contributed by atoms with Crippen LogP contribution in [0.1, 0.15) is 20.2 Å². The van der Waals surface area contributed by atoms with Crippen molar-refractivity contribution in [1.82, 2.24) is 9.97 Å². The van der Waals surface area contributed by atoms with Crippen LogP contribution in [0.5, 0.6) is 11.8 Å². The number of methoxy groups -OCH3 is 2. The van der Waals surface area contributed by atoms with Crippen molar-refractivity contribution < 1.29 is 14.3 Å². The Morgan fingerprint density at radius 3 is 2.74 bits per heavy atom. The van der Waals surface area contributed by atoms with Crippen LogP contribution in [0, 0.1) is 0 Å². The van der Waals surface area contributed by atoms with Crippen molar-refractivity contribution in [3.63, 3.8) is 0 Å². The van der Waals surface area contributed by atoms with E-state index in [0.717, 1.165) is 29.7 Å². The van der Waals surface area contributed by atoms with Gasteiger partial charge in [0.25, 0.3) is 0 Å². The molecule has 0 radical (unpaired) electrons. The number of thiazole rings is 1. The molecule has 0 aliphatic carbocycles. The highest BCUT2D eigenvalue weighted by Gasteiger charge is 2.08. The molecule has 0 aliphatic rings. The van der Waals surface area contributed by atoms with Crippen molar-refractivity contribution in [2.75, 3.05) is 14.2 Å². The summed E-state index contributed by atoms with van der Waals surface area (Å²) < 4.78 is 10.3. The first-order valence-electron chi connectivity index (χ1n) is 5.74. The summed E-state index contributed by atoms with van der Waals surface area (Å²) in [5.74, 6) is 1.09. The first-order chi connectivity index (χ1) is 9.26. The maximum Gasteiger partial charge on any atom is 0.219 e. The minimum absolute atomic E-state index is 0.526. The van der Waals surface area contributed by atoms with Crippen LogP contribution in [0.25, 0.3) is 0 Å². The highest BCUT2D eigenvalue weighted by Crippen LogP contribution is 2.22. The van der Waals surface area contributed by atoms with E-state index < -0.39 is 0 Å². The van der Waals surface area contributed by atoms with Gasteiger partial charge in [-0.3, -0.25) is 4.79 Å². The molecule has 0 saturated heterocycles. The molecule has 2 heterocycles. The van der Waals surface area contributed by atoms with Crippen LogP contribution >= 0.6 is 11.3 Å². The number of carbonyl (C=O) groups excluding carboxylic acids is 1. The van der Waals surface area contributed by atoms with Gasteiger partial charge in [-0.2, -0.15) is 4.98 Å². The molecule has 2 aromatic rings. The maximum atomic E-state index is 10.6. The smallest absolute Gasteiger partial charge is 0.219 e. The molecule has 0 fully saturated rings. The van der Waals surface area contributed by atoms with Gasteiger partial charge in [0.2, 0.25) is 11.8 Å². The highest BCUT2D eigenvalue weighted by atomic mass is 32.1. The van der Waals surface area contributed by atoms with Gasteiger partial charge < -0.3 is 9.47 Å². The highest BCUT2D eigenvalue weighted by molar-refractivity contribution is 7.13. The zero-order valence-electron chi connectivity index (χ0n) is 10.8. The van der Waals surface area contributed by atoms with Crippen LogP contribution < -0.4 is 9.47 Å². The molecule has 0 amide bonds. The molecular weight excluding hydrogens is 264 g/mol. The number of ether oxygens (including phenoxy) is 2. The zero-order chi connectivity index (χ0) is 13.7. The van der Waals surface area contributed by atoms with Crippen molar-refractivity contribution in [1.29, 1.82) is 0 Å². The van der Waals surface area contributed by atoms with Crippen LogP contribution in [0.4, 0.5) is 0 Å². The molecule has 0 bridgehead atoms. The van der Waals surface area contributed by atoms with Gasteiger partial charge in [-0.25, -0.2) is 4.98 Å². The number of aldehydes is 1. The lowest BCUT2D eigenvalue weighted by Gasteiger charge is -2.08. The lowest BCUT2D eigenvalue weighted by atomic mass is 10.1. The SMILES string of the molecule is COc1ccc(CCc2ncc(C=O)s2)c(OC)n1. The quantitative estimate of drug-likeness (QED) is 0.758. The molecule has 100 valence electrons. The second kappa shape index (κ2) is 6.29. The lowest BCUT2D eigenvalue weighted by molar-refractivity contribution is 0.112. The van der Waals surface area contributed by atoms with Gasteiger partial charge in [0, 0.05) is 24.2 Å². The molecule has 2 aromatic heterocycles. The Bertz CT molecular complexity index is 569. The molecule has 2 rings (SSSR count). The second-order valence-corrected chi connectivity index (χ2v) is 4.94. The van der Waals surface area contributed by atoms with Crippen molar-refractivity contribution in [2.24, 2.45) is 0 Å². The molecule has 0 aliphatic heterocycles. The first kappa shape index (κ1) is 13.5. The number of aryl methyl sites for hydroxylation is 2. The Morgan fingerprint density at radius 2 is 2.11 bits per heavy atom. The Morgan fingerprint density at radius 1 is 1.26 bits per heavy atom. The van der Waals surface area contributed by atoms with Crippen molar-refractivity contribution in [3.05, 3.63) is 33.8 Å². The fourth-order valence-electron chi connectivity index (χ4n) is 1.67. The third-order valence-electron chi connectivity index (χ3n) is 2.61. The summed E-state index contributed by atoms with van der Waals surface area (Å²) >= 11 is 1.41. The van der Waals surface area contributed by atoms with E-state index in [9.17, 15) is 4.79 Å². The average Bonchev–Trinajstić information content (AvgIpc) is 2.92. The zero-order valence-corrected chi connectivity index (χ0v) is 11.6. The molecule has 19 heavy (non-hydrogen) atoms. The minimum Gasteiger partial charge on any atom is -0.481 e. The Kier molecular flexibility index (Phi) is 4.46. The number of nitrogens with zero attached hydrogens (tertiary/aromatic N) is 2. The van der Waals surface area contributed by atoms with E-state index >= 15 is 0 Å². The molecule has 6 heteroatoms. The van der Waals surface area contributed by atoms with E-state index in [1.165, 1.54) is 11.3 Å². The molecular formula is C13H14N2O3S. The number of aromatic nitrogens is 2. The van der Waals surface area contributed by atoms with Crippen LogP contribution in [0.3, 0.4) is 0 Å². The summed E-state index contributed by atoms with van der Waals surface area (Å²) in [6, 6.07) is 3.73. The van der Waals surface area contributed by atoms with Crippen LogP contribution in [0.2, 0.25) is 0 Å². The van der Waals surface area contributed by atoms with Crippen LogP contribution in [0.15, 0.2) is 18.3 Å². The van der Waals surface area contributed by atoms with E-state index in [1.54, 1.807) is 26.5 Å². The molecule has 0 saturated carbocycles. The number of pyridine rings is 1. The van der Waals surface area contributed by atoms with Crippen LogP contribution in [-0.4, -0.2) is 30.5 Å². The van der Waals surface area contributed by atoms with Gasteiger partial charge in [0.15, 0.2) is 6.29 Å². The lowest BCUT2D eigenvalue weighted by Crippen LogP contribution is -1.99. The fourth-order valence-corrected chi connectivity index (χ4v) is 2.40. The summed E-state index contributed by atoms with van der Waals surface area (Å²) in [5.41, 5.74) is 0.992. The van der Waals surface area contributed by atoms with E-state index in [1.807, 2.05) is 6.07 Å². The number of hydrogen-bond acceptors (Lipinski definition) is 6. The third-order valence-corrected chi connectivity index (χ3v) is 3.59. The van der Waals surface area contributed by atoms with Gasteiger partial charge in [0.1, 0.15) is 0 Å². The van der Waals surface area contributed by atoms with E-state index in [2.05, 4.69) is 9.97 Å². The normalized spacial score (nSPS) is 10.2. The van der Waals surface area contributed by atoms with Gasteiger partial charge in [-0.1, -0.05) is 0 Å². The maximum absolute atomic E-state index is 10.6. The predicted molar refractivity (Wildman–Crippen MR) is 72.3 cm³/mol. The van der Waals surface area contributed by atoms with Crippen LogP contribution in [-0.2, 0) is 12.8 Å². The molecule has 0 unspecified atom stereocenters. The summed E-state index contributed by atoms with van der Waals surface area (Å²) in [6.07, 6.45) is 3.92. The minimum atomic E-state index is 0.526. The summed E-state index contributed by atoms with van der Waals surface area (Å²) in [4.78, 5) is 19.7. The number of hydrogen-bond donors (Lipinski definition) is 0. The van der Waals surface area contributed by atoms with Gasteiger partial charge >= 0.3 is 0 Å². The standard InChI is InChI=1S/C13H14N2O3S/c1-17-11-5-3-9(13(15-11)18-2)4-6-12-14-7-10(8-16)19-12/h3,5,7-8H,4,6H2,1-2H3. The van der Waals surface area contributed by atoms with Crippen molar-refractivity contribution >= 4 is 17.6 Å². The Balaban J connectivity index is 2.08. The van der Waals surface area contributed by atoms with E-state index in [-0.39, 0.29) is 0 Å². The summed E-state index contributed by atoms with van der Waals surface area (Å²) in [6.45, 7) is 0. The second-order valence-electron chi connectivity index (χ2n) is 3.80. The van der Waals surface area contributed by atoms with Crippen molar-refractivity contribution in [2.45, 2.75) is 12.8 Å². The molecule has 5 nitrogen and oxygen atoms in total. The number of rotatable bonds is 6. The predicted octanol–water partition coefficient (Wildman–Crippen LogP) is 2.15.